The fourth-order valence-corrected chi connectivity index (χ4v) is 5.23. The van der Waals surface area contributed by atoms with Crippen molar-refractivity contribution >= 4 is 8.32 Å². The molecule has 0 heterocycles. The molecule has 0 aliphatic carbocycles. The van der Waals surface area contributed by atoms with Gasteiger partial charge in [0.1, 0.15) is 0 Å². The Bertz CT molecular complexity index is 396. The summed E-state index contributed by atoms with van der Waals surface area (Å²) in [5.41, 5.74) is -0.420. The smallest absolute Gasteiger partial charge is 0.184 e. The molecule has 0 spiro atoms. The summed E-state index contributed by atoms with van der Waals surface area (Å²) in [5.74, 6) is 0. The van der Waals surface area contributed by atoms with Gasteiger partial charge in [-0.15, -0.1) is 6.58 Å². The zero-order chi connectivity index (χ0) is 20.4. The largest absolute Gasteiger partial charge is 0.408 e. The van der Waals surface area contributed by atoms with E-state index in [1.165, 1.54) is 83.5 Å². The van der Waals surface area contributed by atoms with Crippen LogP contribution < -0.4 is 0 Å². The van der Waals surface area contributed by atoms with E-state index in [2.05, 4.69) is 39.2 Å². The van der Waals surface area contributed by atoms with Crippen LogP contribution in [0.25, 0.3) is 0 Å². The number of hydrogen-bond donors (Lipinski definition) is 0. The maximum atomic E-state index is 9.18. The second-order valence-corrected chi connectivity index (χ2v) is 13.6. The lowest BCUT2D eigenvalue weighted by molar-refractivity contribution is 0.103. The van der Waals surface area contributed by atoms with E-state index in [0.717, 1.165) is 12.8 Å². The summed E-state index contributed by atoms with van der Waals surface area (Å²) >= 11 is 0. The van der Waals surface area contributed by atoms with Crippen molar-refractivity contribution in [2.24, 2.45) is 0 Å². The van der Waals surface area contributed by atoms with E-state index in [9.17, 15) is 5.26 Å². The normalized spacial score (nSPS) is 13.9. The molecule has 0 radical (unpaired) electrons. The molecule has 0 saturated heterocycles. The van der Waals surface area contributed by atoms with Gasteiger partial charge in [0.05, 0.1) is 18.1 Å². The van der Waals surface area contributed by atoms with Gasteiger partial charge in [0, 0.05) is 0 Å². The Morgan fingerprint density at radius 2 is 1.22 bits per heavy atom. The summed E-state index contributed by atoms with van der Waals surface area (Å²) in [5, 5.41) is 9.18. The van der Waals surface area contributed by atoms with Gasteiger partial charge in [-0.3, -0.25) is 0 Å². The second kappa shape index (κ2) is 16.4. The SMILES string of the molecule is C=C[C@](CC#N)(CCCCCCCCCCCCCCCC)O[Si](C)(C)C. The Hall–Kier alpha value is -0.593. The van der Waals surface area contributed by atoms with Gasteiger partial charge < -0.3 is 4.43 Å². The van der Waals surface area contributed by atoms with Crippen LogP contribution in [0, 0.1) is 11.3 Å². The van der Waals surface area contributed by atoms with Gasteiger partial charge in [-0.2, -0.15) is 5.26 Å². The van der Waals surface area contributed by atoms with E-state index in [0.29, 0.717) is 6.42 Å². The first-order valence-electron chi connectivity index (χ1n) is 11.6. The molecule has 0 unspecified atom stereocenters. The van der Waals surface area contributed by atoms with Crippen molar-refractivity contribution in [3.05, 3.63) is 12.7 Å². The molecule has 0 rings (SSSR count). The highest BCUT2D eigenvalue weighted by Gasteiger charge is 2.32. The van der Waals surface area contributed by atoms with Crippen molar-refractivity contribution in [2.45, 2.75) is 135 Å². The van der Waals surface area contributed by atoms with Crippen LogP contribution in [-0.4, -0.2) is 13.9 Å². The highest BCUT2D eigenvalue weighted by molar-refractivity contribution is 6.69. The van der Waals surface area contributed by atoms with Crippen LogP contribution in [0.4, 0.5) is 0 Å². The van der Waals surface area contributed by atoms with Gasteiger partial charge in [0.15, 0.2) is 8.32 Å². The molecule has 158 valence electrons. The monoisotopic (exact) mass is 393 g/mol. The van der Waals surface area contributed by atoms with Gasteiger partial charge >= 0.3 is 0 Å². The minimum Gasteiger partial charge on any atom is -0.408 e. The lowest BCUT2D eigenvalue weighted by Crippen LogP contribution is -2.41. The van der Waals surface area contributed by atoms with Gasteiger partial charge in [0.25, 0.3) is 0 Å². The summed E-state index contributed by atoms with van der Waals surface area (Å²) in [6.45, 7) is 12.8. The summed E-state index contributed by atoms with van der Waals surface area (Å²) in [6, 6.07) is 2.31. The zero-order valence-corrected chi connectivity index (χ0v) is 20.0. The molecule has 0 fully saturated rings. The number of nitrogens with zero attached hydrogens (tertiary/aromatic N) is 1. The Morgan fingerprint density at radius 1 is 0.815 bits per heavy atom. The van der Waals surface area contributed by atoms with Crippen molar-refractivity contribution in [1.29, 1.82) is 5.26 Å². The number of rotatable bonds is 19. The van der Waals surface area contributed by atoms with Crippen molar-refractivity contribution in [3.63, 3.8) is 0 Å². The highest BCUT2D eigenvalue weighted by Crippen LogP contribution is 2.29. The van der Waals surface area contributed by atoms with Crippen LogP contribution in [-0.2, 0) is 4.43 Å². The quantitative estimate of drug-likeness (QED) is 0.125. The van der Waals surface area contributed by atoms with Crippen LogP contribution in [0.3, 0.4) is 0 Å². The van der Waals surface area contributed by atoms with E-state index in [1.807, 2.05) is 6.08 Å². The molecule has 0 aliphatic rings. The maximum absolute atomic E-state index is 9.18. The Labute approximate surface area is 171 Å². The van der Waals surface area contributed by atoms with Gasteiger partial charge in [-0.1, -0.05) is 103 Å². The van der Waals surface area contributed by atoms with Gasteiger partial charge in [-0.05, 0) is 26.1 Å². The Kier molecular flexibility index (Phi) is 16.0. The molecule has 0 aromatic rings. The van der Waals surface area contributed by atoms with E-state index in [-0.39, 0.29) is 0 Å². The van der Waals surface area contributed by atoms with Crippen molar-refractivity contribution in [3.8, 4) is 6.07 Å². The molecule has 27 heavy (non-hydrogen) atoms. The third-order valence-electron chi connectivity index (χ3n) is 5.21. The first-order valence-corrected chi connectivity index (χ1v) is 15.0. The van der Waals surface area contributed by atoms with E-state index in [1.54, 1.807) is 0 Å². The molecule has 0 amide bonds. The van der Waals surface area contributed by atoms with Crippen LogP contribution in [0.5, 0.6) is 0 Å². The first-order chi connectivity index (χ1) is 12.9. The minimum absolute atomic E-state index is 0.420. The summed E-state index contributed by atoms with van der Waals surface area (Å²) in [7, 11) is -1.68. The number of hydrogen-bond acceptors (Lipinski definition) is 2. The molecule has 0 aliphatic heterocycles. The minimum atomic E-state index is -1.68. The summed E-state index contributed by atoms with van der Waals surface area (Å²) in [6.07, 6.45) is 22.4. The van der Waals surface area contributed by atoms with Crippen molar-refractivity contribution < 1.29 is 4.43 Å². The molecule has 0 aromatic carbocycles. The van der Waals surface area contributed by atoms with Crippen LogP contribution in [0.2, 0.25) is 19.6 Å². The zero-order valence-electron chi connectivity index (χ0n) is 19.0. The molecular weight excluding hydrogens is 346 g/mol. The number of unbranched alkanes of at least 4 members (excludes halogenated alkanes) is 13. The molecule has 0 aromatic heterocycles. The Morgan fingerprint density at radius 3 is 1.56 bits per heavy atom. The van der Waals surface area contributed by atoms with Crippen LogP contribution in [0.15, 0.2) is 12.7 Å². The molecular formula is C24H47NOSi. The van der Waals surface area contributed by atoms with E-state index >= 15 is 0 Å². The molecule has 0 saturated carbocycles. The fraction of sp³-hybridized carbons (Fsp3) is 0.875. The molecule has 0 N–H and O–H groups in total. The molecule has 2 nitrogen and oxygen atoms in total. The lowest BCUT2D eigenvalue weighted by atomic mass is 9.93. The molecule has 0 bridgehead atoms. The molecule has 1 atom stereocenters. The first kappa shape index (κ1) is 26.4. The highest BCUT2D eigenvalue weighted by atomic mass is 28.4. The predicted octanol–water partition coefficient (Wildman–Crippen LogP) is 8.55. The Balaban J connectivity index is 3.68. The summed E-state index contributed by atoms with van der Waals surface area (Å²) in [4.78, 5) is 0. The lowest BCUT2D eigenvalue weighted by Gasteiger charge is -2.35. The third-order valence-corrected chi connectivity index (χ3v) is 6.23. The standard InChI is InChI=1S/C24H47NOSi/c1-6-8-9-10-11-12-13-14-15-16-17-18-19-20-21-24(7-2,22-23-25)26-27(3,4)5/h7H,2,6,8-22H2,1,3-5H3/t24-/m1/s1. The average Bonchev–Trinajstić information content (AvgIpc) is 2.60. The molecule has 3 heteroatoms. The number of nitriles is 1. The van der Waals surface area contributed by atoms with Crippen molar-refractivity contribution in [1.82, 2.24) is 0 Å². The van der Waals surface area contributed by atoms with Gasteiger partial charge in [0.2, 0.25) is 0 Å². The third kappa shape index (κ3) is 16.1. The van der Waals surface area contributed by atoms with E-state index in [4.69, 9.17) is 4.43 Å². The van der Waals surface area contributed by atoms with Crippen LogP contribution >= 0.6 is 0 Å². The fourth-order valence-electron chi connectivity index (χ4n) is 3.75. The average molecular weight is 394 g/mol. The van der Waals surface area contributed by atoms with Crippen LogP contribution in [0.1, 0.15) is 110 Å². The maximum Gasteiger partial charge on any atom is 0.184 e. The predicted molar refractivity (Wildman–Crippen MR) is 123 cm³/mol. The topological polar surface area (TPSA) is 33.0 Å². The second-order valence-electron chi connectivity index (χ2n) is 9.16. The van der Waals surface area contributed by atoms with Gasteiger partial charge in [-0.25, -0.2) is 0 Å². The van der Waals surface area contributed by atoms with E-state index < -0.39 is 13.9 Å². The summed E-state index contributed by atoms with van der Waals surface area (Å²) < 4.78 is 6.33. The van der Waals surface area contributed by atoms with Crippen molar-refractivity contribution in [2.75, 3.05) is 0 Å².